The summed E-state index contributed by atoms with van der Waals surface area (Å²) in [5.41, 5.74) is 3.20. The number of halogens is 1. The number of carbonyl (C=O) groups is 1. The second-order valence-electron chi connectivity index (χ2n) is 5.14. The third-order valence-corrected chi connectivity index (χ3v) is 4.95. The van der Waals surface area contributed by atoms with Gasteiger partial charge in [0.05, 0.1) is 10.4 Å². The summed E-state index contributed by atoms with van der Waals surface area (Å²) in [5, 5.41) is 11.1. The van der Waals surface area contributed by atoms with Crippen LogP contribution in [-0.4, -0.2) is 16.1 Å². The summed E-state index contributed by atoms with van der Waals surface area (Å²) in [6.07, 6.45) is 0. The minimum Gasteiger partial charge on any atom is -0.477 e. The van der Waals surface area contributed by atoms with Gasteiger partial charge in [-0.25, -0.2) is 4.79 Å². The smallest absolute Gasteiger partial charge is 0.353 e. The van der Waals surface area contributed by atoms with Gasteiger partial charge in [0.15, 0.2) is 0 Å². The molecule has 0 spiro atoms. The number of aromatic amines is 1. The number of aromatic carboxylic acids is 1. The summed E-state index contributed by atoms with van der Waals surface area (Å²) in [6.45, 7) is 3.97. The Morgan fingerprint density at radius 3 is 2.36 bits per heavy atom. The highest BCUT2D eigenvalue weighted by Crippen LogP contribution is 2.39. The van der Waals surface area contributed by atoms with E-state index in [0.29, 0.717) is 5.02 Å². The summed E-state index contributed by atoms with van der Waals surface area (Å²) in [5.74, 6) is -0.952. The lowest BCUT2D eigenvalue weighted by molar-refractivity contribution is 0.0688. The van der Waals surface area contributed by atoms with Crippen molar-refractivity contribution in [2.75, 3.05) is 0 Å². The number of hydrogen-bond donors (Lipinski definition) is 2. The molecule has 0 aliphatic carbocycles. The van der Waals surface area contributed by atoms with Gasteiger partial charge in [-0.3, -0.25) is 0 Å². The van der Waals surface area contributed by atoms with Crippen LogP contribution in [0.4, 0.5) is 0 Å². The highest BCUT2D eigenvalue weighted by atomic mass is 35.5. The van der Waals surface area contributed by atoms with E-state index in [-0.39, 0.29) is 5.69 Å². The maximum Gasteiger partial charge on any atom is 0.353 e. The molecule has 0 radical (unpaired) electrons. The topological polar surface area (TPSA) is 53.1 Å². The van der Waals surface area contributed by atoms with Gasteiger partial charge in [-0.1, -0.05) is 35.5 Å². The van der Waals surface area contributed by atoms with Crippen LogP contribution < -0.4 is 0 Å². The second kappa shape index (κ2) is 5.71. The normalized spacial score (nSPS) is 11.0. The van der Waals surface area contributed by atoms with E-state index in [1.54, 1.807) is 12.1 Å². The lowest BCUT2D eigenvalue weighted by Crippen LogP contribution is -1.98. The Kier molecular flexibility index (Phi) is 3.89. The molecule has 3 aromatic rings. The number of carboxylic acid groups (broad SMARTS) is 1. The zero-order valence-corrected chi connectivity index (χ0v) is 13.7. The molecule has 0 atom stereocenters. The van der Waals surface area contributed by atoms with Crippen molar-refractivity contribution < 1.29 is 9.90 Å². The van der Waals surface area contributed by atoms with Crippen molar-refractivity contribution in [2.24, 2.45) is 0 Å². The molecule has 0 saturated carbocycles. The van der Waals surface area contributed by atoms with Crippen molar-refractivity contribution in [2.45, 2.75) is 23.6 Å². The maximum atomic E-state index is 11.6. The predicted octanol–water partition coefficient (Wildman–Crippen LogP) is 5.29. The van der Waals surface area contributed by atoms with Crippen molar-refractivity contribution in [1.29, 1.82) is 0 Å². The van der Waals surface area contributed by atoms with E-state index in [2.05, 4.69) is 4.98 Å². The van der Waals surface area contributed by atoms with Gasteiger partial charge in [-0.2, -0.15) is 0 Å². The third-order valence-electron chi connectivity index (χ3n) is 3.57. The fourth-order valence-corrected chi connectivity index (χ4v) is 3.68. The molecule has 22 heavy (non-hydrogen) atoms. The van der Waals surface area contributed by atoms with Crippen LogP contribution in [0.2, 0.25) is 5.02 Å². The monoisotopic (exact) mass is 331 g/mol. The molecule has 0 saturated heterocycles. The molecule has 0 aliphatic heterocycles. The lowest BCUT2D eigenvalue weighted by atomic mass is 10.1. The van der Waals surface area contributed by atoms with Gasteiger partial charge in [0.1, 0.15) is 5.69 Å². The molecule has 2 N–H and O–H groups in total. The number of carboxylic acids is 1. The van der Waals surface area contributed by atoms with Crippen molar-refractivity contribution in [1.82, 2.24) is 4.98 Å². The quantitative estimate of drug-likeness (QED) is 0.685. The zero-order chi connectivity index (χ0) is 15.9. The number of aromatic nitrogens is 1. The molecule has 3 nitrogen and oxygen atoms in total. The Bertz CT molecular complexity index is 868. The van der Waals surface area contributed by atoms with Gasteiger partial charge in [0.2, 0.25) is 0 Å². The fourth-order valence-electron chi connectivity index (χ4n) is 2.44. The summed E-state index contributed by atoms with van der Waals surface area (Å²) >= 11 is 7.35. The largest absolute Gasteiger partial charge is 0.477 e. The molecule has 3 rings (SSSR count). The van der Waals surface area contributed by atoms with Crippen LogP contribution in [0.3, 0.4) is 0 Å². The lowest BCUT2D eigenvalue weighted by Gasteiger charge is -2.05. The van der Waals surface area contributed by atoms with Crippen molar-refractivity contribution >= 4 is 40.2 Å². The highest BCUT2D eigenvalue weighted by Gasteiger charge is 2.20. The SMILES string of the molecule is Cc1ccc(C)c2c(Sc3ccc(Cl)cc3)c(C(=O)O)[nH]c12. The highest BCUT2D eigenvalue weighted by molar-refractivity contribution is 7.99. The first kappa shape index (κ1) is 15.0. The van der Waals surface area contributed by atoms with Gasteiger partial charge >= 0.3 is 5.97 Å². The number of aryl methyl sites for hydroxylation is 2. The summed E-state index contributed by atoms with van der Waals surface area (Å²) in [6, 6.07) is 11.4. The van der Waals surface area contributed by atoms with E-state index in [4.69, 9.17) is 11.6 Å². The van der Waals surface area contributed by atoms with Crippen LogP contribution in [-0.2, 0) is 0 Å². The fraction of sp³-hybridized carbons (Fsp3) is 0.118. The van der Waals surface area contributed by atoms with Crippen LogP contribution in [0.15, 0.2) is 46.2 Å². The molecule has 1 aromatic heterocycles. The van der Waals surface area contributed by atoms with Crippen molar-refractivity contribution in [3.63, 3.8) is 0 Å². The molecule has 0 amide bonds. The summed E-state index contributed by atoms with van der Waals surface area (Å²) in [4.78, 5) is 16.3. The van der Waals surface area contributed by atoms with E-state index in [9.17, 15) is 9.90 Å². The van der Waals surface area contributed by atoms with Crippen LogP contribution in [0.1, 0.15) is 21.6 Å². The molecule has 5 heteroatoms. The van der Waals surface area contributed by atoms with E-state index in [1.807, 2.05) is 38.1 Å². The number of nitrogens with one attached hydrogen (secondary N) is 1. The maximum absolute atomic E-state index is 11.6. The Hall–Kier alpha value is -1.91. The van der Waals surface area contributed by atoms with Gasteiger partial charge in [0.25, 0.3) is 0 Å². The summed E-state index contributed by atoms with van der Waals surface area (Å²) < 4.78 is 0. The average molecular weight is 332 g/mol. The molecule has 0 unspecified atom stereocenters. The van der Waals surface area contributed by atoms with Crippen LogP contribution in [0.25, 0.3) is 10.9 Å². The first-order valence-corrected chi connectivity index (χ1v) is 7.95. The molecule has 112 valence electrons. The van der Waals surface area contributed by atoms with E-state index >= 15 is 0 Å². The van der Waals surface area contributed by atoms with E-state index in [1.165, 1.54) is 11.8 Å². The summed E-state index contributed by atoms with van der Waals surface area (Å²) in [7, 11) is 0. The number of hydrogen-bond acceptors (Lipinski definition) is 2. The van der Waals surface area contributed by atoms with Crippen LogP contribution in [0.5, 0.6) is 0 Å². The zero-order valence-electron chi connectivity index (χ0n) is 12.1. The first-order valence-electron chi connectivity index (χ1n) is 6.76. The van der Waals surface area contributed by atoms with E-state index in [0.717, 1.165) is 31.8 Å². The Morgan fingerprint density at radius 2 is 1.73 bits per heavy atom. The number of fused-ring (bicyclic) bond motifs is 1. The van der Waals surface area contributed by atoms with Gasteiger partial charge in [0, 0.05) is 15.3 Å². The van der Waals surface area contributed by atoms with E-state index < -0.39 is 5.97 Å². The Labute approximate surface area is 137 Å². The van der Waals surface area contributed by atoms with Gasteiger partial charge in [-0.15, -0.1) is 0 Å². The Balaban J connectivity index is 2.22. The van der Waals surface area contributed by atoms with Crippen molar-refractivity contribution in [3.05, 3.63) is 58.2 Å². The molecule has 0 aliphatic rings. The number of benzene rings is 2. The van der Waals surface area contributed by atoms with Crippen LogP contribution >= 0.6 is 23.4 Å². The first-order chi connectivity index (χ1) is 10.5. The molecular weight excluding hydrogens is 318 g/mol. The molecule has 2 aromatic carbocycles. The third kappa shape index (κ3) is 2.60. The second-order valence-corrected chi connectivity index (χ2v) is 6.66. The van der Waals surface area contributed by atoms with Gasteiger partial charge in [-0.05, 0) is 49.2 Å². The minimum absolute atomic E-state index is 0.229. The molecule has 1 heterocycles. The number of H-pyrrole nitrogens is 1. The molecule has 0 bridgehead atoms. The Morgan fingerprint density at radius 1 is 1.09 bits per heavy atom. The minimum atomic E-state index is -0.952. The molecular formula is C17H14ClNO2S. The number of rotatable bonds is 3. The standard InChI is InChI=1S/C17H14ClNO2S/c1-9-3-4-10(2)14-13(9)16(15(19-14)17(20)21)22-12-7-5-11(18)6-8-12/h3-8,19H,1-2H3,(H,20,21). The van der Waals surface area contributed by atoms with Gasteiger partial charge < -0.3 is 10.1 Å². The van der Waals surface area contributed by atoms with Crippen molar-refractivity contribution in [3.8, 4) is 0 Å². The predicted molar refractivity (Wildman–Crippen MR) is 90.3 cm³/mol. The van der Waals surface area contributed by atoms with Crippen LogP contribution in [0, 0.1) is 13.8 Å². The molecule has 0 fully saturated rings. The average Bonchev–Trinajstić information content (AvgIpc) is 2.86.